The summed E-state index contributed by atoms with van der Waals surface area (Å²) in [5, 5.41) is 6.22. The molecule has 0 unspecified atom stereocenters. The number of piperazine rings is 1. The van der Waals surface area contributed by atoms with Gasteiger partial charge in [0.1, 0.15) is 11.6 Å². The smallest absolute Gasteiger partial charge is 0.406 e. The molecule has 9 heteroatoms. The number of alkyl halides is 3. The second-order valence-electron chi connectivity index (χ2n) is 6.40. The molecule has 0 saturated carbocycles. The zero-order valence-corrected chi connectivity index (χ0v) is 14.8. The number of hydrogen-bond acceptors (Lipinski definition) is 5. The third-order valence-corrected chi connectivity index (χ3v) is 4.43. The summed E-state index contributed by atoms with van der Waals surface area (Å²) >= 11 is 0. The molecule has 2 heterocycles. The minimum atomic E-state index is -4.78. The standard InChI is InChI=1S/C18H20F3N5O/c1-25-6-8-26(9-7-25)16-10-12(4-5-24-16)17(23)14-11-13(2-3-15(14)22)27-18(19,20)21/h2-5,10-11,23H,6-9,22H2,1H3/p+1. The third kappa shape index (κ3) is 4.68. The molecule has 1 aromatic heterocycles. The molecule has 6 nitrogen and oxygen atoms in total. The van der Waals surface area contributed by atoms with E-state index < -0.39 is 6.36 Å². The molecule has 1 saturated heterocycles. The second kappa shape index (κ2) is 7.43. The SMILES string of the molecule is CN1CCN(c2cc(C(=[NH2+])c3cc(OC(F)(F)F)ccc3N)ccn2)CC1. The van der Waals surface area contributed by atoms with Crippen LogP contribution in [0.1, 0.15) is 11.1 Å². The number of nitrogens with zero attached hydrogens (tertiary/aromatic N) is 3. The average molecular weight is 380 g/mol. The summed E-state index contributed by atoms with van der Waals surface area (Å²) in [5.74, 6) is 0.396. The van der Waals surface area contributed by atoms with Gasteiger partial charge < -0.3 is 20.3 Å². The lowest BCUT2D eigenvalue weighted by Gasteiger charge is -2.33. The van der Waals surface area contributed by atoms with Crippen molar-refractivity contribution in [2.24, 2.45) is 0 Å². The van der Waals surface area contributed by atoms with Crippen molar-refractivity contribution in [3.8, 4) is 5.75 Å². The van der Waals surface area contributed by atoms with Crippen LogP contribution in [0.4, 0.5) is 24.7 Å². The first-order chi connectivity index (χ1) is 12.7. The highest BCUT2D eigenvalue weighted by molar-refractivity contribution is 6.12. The van der Waals surface area contributed by atoms with Gasteiger partial charge in [-0.15, -0.1) is 13.2 Å². The van der Waals surface area contributed by atoms with Crippen molar-refractivity contribution in [2.45, 2.75) is 6.36 Å². The Morgan fingerprint density at radius 1 is 1.15 bits per heavy atom. The number of ether oxygens (including phenoxy) is 1. The minimum Gasteiger partial charge on any atom is -0.406 e. The Morgan fingerprint density at radius 3 is 2.52 bits per heavy atom. The maximum absolute atomic E-state index is 12.5. The van der Waals surface area contributed by atoms with Gasteiger partial charge in [0.15, 0.2) is 0 Å². The fraction of sp³-hybridized carbons (Fsp3) is 0.333. The van der Waals surface area contributed by atoms with Crippen LogP contribution in [0.15, 0.2) is 36.5 Å². The van der Waals surface area contributed by atoms with Gasteiger partial charge in [0, 0.05) is 38.1 Å². The van der Waals surface area contributed by atoms with Crippen LogP contribution in [0, 0.1) is 0 Å². The predicted molar refractivity (Wildman–Crippen MR) is 96.6 cm³/mol. The van der Waals surface area contributed by atoms with E-state index in [-0.39, 0.29) is 22.7 Å². The van der Waals surface area contributed by atoms with E-state index in [2.05, 4.69) is 26.6 Å². The van der Waals surface area contributed by atoms with E-state index in [9.17, 15) is 13.2 Å². The first-order valence-electron chi connectivity index (χ1n) is 8.41. The first kappa shape index (κ1) is 19.0. The van der Waals surface area contributed by atoms with Crippen LogP contribution in [0.3, 0.4) is 0 Å². The van der Waals surface area contributed by atoms with Gasteiger partial charge in [-0.05, 0) is 37.4 Å². The summed E-state index contributed by atoms with van der Waals surface area (Å²) < 4.78 is 41.4. The van der Waals surface area contributed by atoms with Gasteiger partial charge in [-0.2, -0.15) is 0 Å². The Balaban J connectivity index is 1.85. The molecule has 0 aliphatic carbocycles. The van der Waals surface area contributed by atoms with E-state index in [4.69, 9.17) is 11.1 Å². The van der Waals surface area contributed by atoms with Crippen LogP contribution in [0.25, 0.3) is 0 Å². The number of halogens is 3. The molecule has 144 valence electrons. The van der Waals surface area contributed by atoms with E-state index in [1.807, 2.05) is 6.07 Å². The Kier molecular flexibility index (Phi) is 5.22. The van der Waals surface area contributed by atoms with Crippen molar-refractivity contribution in [3.63, 3.8) is 0 Å². The summed E-state index contributed by atoms with van der Waals surface area (Å²) in [6.07, 6.45) is -3.16. The number of likely N-dealkylation sites (N-methyl/N-ethyl adjacent to an activating group) is 1. The number of aromatic nitrogens is 1. The van der Waals surface area contributed by atoms with Crippen LogP contribution in [0.5, 0.6) is 5.75 Å². The first-order valence-corrected chi connectivity index (χ1v) is 8.41. The summed E-state index contributed by atoms with van der Waals surface area (Å²) in [6.45, 7) is 3.53. The van der Waals surface area contributed by atoms with Gasteiger partial charge in [-0.1, -0.05) is 0 Å². The van der Waals surface area contributed by atoms with E-state index in [0.717, 1.165) is 38.1 Å². The number of benzene rings is 1. The highest BCUT2D eigenvalue weighted by atomic mass is 19.4. The van der Waals surface area contributed by atoms with Crippen LogP contribution in [-0.2, 0) is 0 Å². The summed E-state index contributed by atoms with van der Waals surface area (Å²) in [6, 6.07) is 7.20. The highest BCUT2D eigenvalue weighted by Crippen LogP contribution is 2.27. The summed E-state index contributed by atoms with van der Waals surface area (Å²) in [7, 11) is 2.06. The Labute approximate surface area is 154 Å². The summed E-state index contributed by atoms with van der Waals surface area (Å²) in [4.78, 5) is 8.76. The van der Waals surface area contributed by atoms with E-state index in [0.29, 0.717) is 5.56 Å². The largest absolute Gasteiger partial charge is 0.573 e. The zero-order chi connectivity index (χ0) is 19.6. The Hall–Kier alpha value is -2.81. The summed E-state index contributed by atoms with van der Waals surface area (Å²) in [5.41, 5.74) is 7.36. The average Bonchev–Trinajstić information content (AvgIpc) is 2.62. The minimum absolute atomic E-state index is 0.262. The number of pyridine rings is 1. The third-order valence-electron chi connectivity index (χ3n) is 4.43. The lowest BCUT2D eigenvalue weighted by Crippen LogP contribution is -2.45. The van der Waals surface area contributed by atoms with Gasteiger partial charge in [0.25, 0.3) is 0 Å². The molecule has 27 heavy (non-hydrogen) atoms. The fourth-order valence-corrected chi connectivity index (χ4v) is 2.92. The van der Waals surface area contributed by atoms with Gasteiger partial charge in [-0.25, -0.2) is 4.98 Å². The van der Waals surface area contributed by atoms with Gasteiger partial charge >= 0.3 is 6.36 Å². The maximum Gasteiger partial charge on any atom is 0.573 e. The van der Waals surface area contributed by atoms with Crippen molar-refractivity contribution in [1.29, 1.82) is 0 Å². The Bertz CT molecular complexity index is 832. The number of nitrogen functional groups attached to an aromatic ring is 1. The van der Waals surface area contributed by atoms with Crippen molar-refractivity contribution in [2.75, 3.05) is 43.9 Å². The predicted octanol–water partition coefficient (Wildman–Crippen LogP) is 0.911. The molecule has 2 aromatic rings. The highest BCUT2D eigenvalue weighted by Gasteiger charge is 2.31. The number of anilines is 2. The van der Waals surface area contributed by atoms with Crippen LogP contribution in [0.2, 0.25) is 0 Å². The molecule has 1 fully saturated rings. The second-order valence-corrected chi connectivity index (χ2v) is 6.40. The molecule has 0 radical (unpaired) electrons. The molecular weight excluding hydrogens is 359 g/mol. The van der Waals surface area contributed by atoms with E-state index in [1.54, 1.807) is 12.3 Å². The normalized spacial score (nSPS) is 15.6. The molecule has 3 rings (SSSR count). The topological polar surface area (TPSA) is 80.2 Å². The van der Waals surface area contributed by atoms with Gasteiger partial charge in [-0.3, -0.25) is 5.41 Å². The van der Waals surface area contributed by atoms with E-state index >= 15 is 0 Å². The molecule has 4 N–H and O–H groups in total. The molecular formula is C18H21F3N5O+. The molecule has 0 amide bonds. The number of hydrogen-bond donors (Lipinski definition) is 2. The van der Waals surface area contributed by atoms with Crippen molar-refractivity contribution in [3.05, 3.63) is 47.7 Å². The van der Waals surface area contributed by atoms with Crippen molar-refractivity contribution >= 4 is 17.2 Å². The maximum atomic E-state index is 12.5. The van der Waals surface area contributed by atoms with Crippen LogP contribution >= 0.6 is 0 Å². The van der Waals surface area contributed by atoms with Gasteiger partial charge in [0.05, 0.1) is 11.1 Å². The molecule has 1 aromatic carbocycles. The van der Waals surface area contributed by atoms with Crippen LogP contribution < -0.4 is 20.8 Å². The van der Waals surface area contributed by atoms with E-state index in [1.165, 1.54) is 12.1 Å². The lowest BCUT2D eigenvalue weighted by atomic mass is 10.0. The fourth-order valence-electron chi connectivity index (χ4n) is 2.92. The molecule has 0 bridgehead atoms. The molecule has 0 atom stereocenters. The lowest BCUT2D eigenvalue weighted by molar-refractivity contribution is -0.274. The molecule has 1 aliphatic heterocycles. The monoisotopic (exact) mass is 380 g/mol. The Morgan fingerprint density at radius 2 is 1.85 bits per heavy atom. The van der Waals surface area contributed by atoms with Crippen LogP contribution in [-0.4, -0.2) is 55.2 Å². The quantitative estimate of drug-likeness (QED) is 0.609. The zero-order valence-electron chi connectivity index (χ0n) is 14.8. The molecule has 0 spiro atoms. The van der Waals surface area contributed by atoms with Crippen molar-refractivity contribution < 1.29 is 23.3 Å². The number of rotatable bonds is 4. The number of nitrogens with two attached hydrogens (primary N) is 2. The van der Waals surface area contributed by atoms with Crippen molar-refractivity contribution in [1.82, 2.24) is 9.88 Å². The molecule has 1 aliphatic rings. The van der Waals surface area contributed by atoms with Gasteiger partial charge in [0.2, 0.25) is 5.71 Å².